The Morgan fingerprint density at radius 3 is 2.71 bits per heavy atom. The zero-order chi connectivity index (χ0) is 14.5. The monoisotopic (exact) mass is 285 g/mol. The Labute approximate surface area is 124 Å². The van der Waals surface area contributed by atoms with E-state index in [9.17, 15) is 4.79 Å². The Morgan fingerprint density at radius 1 is 1.29 bits per heavy atom. The molecule has 21 heavy (non-hydrogen) atoms. The molecule has 3 rings (SSSR count). The summed E-state index contributed by atoms with van der Waals surface area (Å²) in [6, 6.07) is 9.43. The molecular weight excluding hydrogens is 266 g/mol. The lowest BCUT2D eigenvalue weighted by molar-refractivity contribution is -0.134. The predicted octanol–water partition coefficient (Wildman–Crippen LogP) is 2.19. The third-order valence-corrected chi connectivity index (χ3v) is 3.86. The molecule has 1 N–H and O–H groups in total. The molecule has 1 aliphatic heterocycles. The van der Waals surface area contributed by atoms with Crippen molar-refractivity contribution in [3.05, 3.63) is 48.5 Å². The number of hydrogen-bond acceptors (Lipinski definition) is 3. The van der Waals surface area contributed by atoms with Crippen LogP contribution in [0.4, 0.5) is 0 Å². The molecule has 1 fully saturated rings. The number of imidazole rings is 1. The Hall–Kier alpha value is -2.30. The number of carbonyl (C=O) groups excluding carboxylic acids is 1. The van der Waals surface area contributed by atoms with Crippen molar-refractivity contribution in [3.63, 3.8) is 0 Å². The van der Waals surface area contributed by atoms with E-state index in [-0.39, 0.29) is 12.5 Å². The lowest BCUT2D eigenvalue weighted by atomic mass is 9.96. The van der Waals surface area contributed by atoms with Crippen molar-refractivity contribution >= 4 is 5.91 Å². The minimum Gasteiger partial charge on any atom is -0.484 e. The van der Waals surface area contributed by atoms with Gasteiger partial charge < -0.3 is 14.6 Å². The third kappa shape index (κ3) is 3.42. The van der Waals surface area contributed by atoms with E-state index in [0.717, 1.165) is 37.5 Å². The summed E-state index contributed by atoms with van der Waals surface area (Å²) in [5.74, 6) is 2.25. The first-order valence-electron chi connectivity index (χ1n) is 7.28. The van der Waals surface area contributed by atoms with E-state index in [4.69, 9.17) is 4.74 Å². The Bertz CT molecular complexity index is 560. The van der Waals surface area contributed by atoms with Crippen molar-refractivity contribution in [3.8, 4) is 5.75 Å². The highest BCUT2D eigenvalue weighted by molar-refractivity contribution is 5.77. The van der Waals surface area contributed by atoms with Gasteiger partial charge in [0.1, 0.15) is 11.6 Å². The molecule has 1 aromatic heterocycles. The van der Waals surface area contributed by atoms with Crippen molar-refractivity contribution in [2.45, 2.75) is 18.8 Å². The standard InChI is InChI=1S/C16H19N3O2/c20-15(12-21-14-4-2-1-3-5-14)19-10-6-13(7-11-19)16-17-8-9-18-16/h1-5,8-9,13H,6-7,10-12H2,(H,17,18). The second-order valence-corrected chi connectivity index (χ2v) is 5.23. The number of H-pyrrole nitrogens is 1. The van der Waals surface area contributed by atoms with Crippen LogP contribution in [-0.4, -0.2) is 40.5 Å². The van der Waals surface area contributed by atoms with Gasteiger partial charge >= 0.3 is 0 Å². The highest BCUT2D eigenvalue weighted by Gasteiger charge is 2.25. The number of aromatic amines is 1. The summed E-state index contributed by atoms with van der Waals surface area (Å²) >= 11 is 0. The molecular formula is C16H19N3O2. The van der Waals surface area contributed by atoms with Crippen LogP contribution < -0.4 is 4.74 Å². The molecule has 0 unspecified atom stereocenters. The first-order valence-corrected chi connectivity index (χ1v) is 7.28. The first kappa shape index (κ1) is 13.7. The summed E-state index contributed by atoms with van der Waals surface area (Å²) in [4.78, 5) is 21.5. The van der Waals surface area contributed by atoms with Gasteiger partial charge in [-0.1, -0.05) is 18.2 Å². The summed E-state index contributed by atoms with van der Waals surface area (Å²) in [6.07, 6.45) is 5.52. The lowest BCUT2D eigenvalue weighted by Gasteiger charge is -2.31. The molecule has 1 aliphatic rings. The summed E-state index contributed by atoms with van der Waals surface area (Å²) in [5, 5.41) is 0. The molecule has 1 amide bonds. The maximum atomic E-state index is 12.1. The number of rotatable bonds is 4. The van der Waals surface area contributed by atoms with Crippen LogP contribution in [0.25, 0.3) is 0 Å². The normalized spacial score (nSPS) is 15.9. The van der Waals surface area contributed by atoms with E-state index in [0.29, 0.717) is 5.92 Å². The number of aromatic nitrogens is 2. The molecule has 0 aliphatic carbocycles. The molecule has 1 aromatic carbocycles. The fourth-order valence-corrected chi connectivity index (χ4v) is 2.66. The minimum absolute atomic E-state index is 0.0525. The quantitative estimate of drug-likeness (QED) is 0.937. The van der Waals surface area contributed by atoms with Crippen molar-refractivity contribution in [1.82, 2.24) is 14.9 Å². The zero-order valence-corrected chi connectivity index (χ0v) is 11.9. The van der Waals surface area contributed by atoms with Gasteiger partial charge in [-0.2, -0.15) is 0 Å². The molecule has 0 spiro atoms. The number of ether oxygens (including phenoxy) is 1. The first-order chi connectivity index (χ1) is 10.3. The van der Waals surface area contributed by atoms with E-state index in [2.05, 4.69) is 9.97 Å². The van der Waals surface area contributed by atoms with E-state index in [1.807, 2.05) is 41.4 Å². The number of hydrogen-bond donors (Lipinski definition) is 1. The number of carbonyl (C=O) groups is 1. The van der Waals surface area contributed by atoms with Gasteiger partial charge in [-0.25, -0.2) is 4.98 Å². The van der Waals surface area contributed by atoms with Gasteiger partial charge in [0.15, 0.2) is 6.61 Å². The molecule has 0 saturated carbocycles. The molecule has 0 bridgehead atoms. The van der Waals surface area contributed by atoms with Crippen molar-refractivity contribution < 1.29 is 9.53 Å². The van der Waals surface area contributed by atoms with Gasteiger partial charge in [-0.15, -0.1) is 0 Å². The highest BCUT2D eigenvalue weighted by atomic mass is 16.5. The van der Waals surface area contributed by atoms with Crippen LogP contribution in [0, 0.1) is 0 Å². The number of nitrogens with one attached hydrogen (secondary N) is 1. The molecule has 2 aromatic rings. The Kier molecular flexibility index (Phi) is 4.19. The van der Waals surface area contributed by atoms with E-state index < -0.39 is 0 Å². The smallest absolute Gasteiger partial charge is 0.260 e. The van der Waals surface area contributed by atoms with Crippen LogP contribution in [0.2, 0.25) is 0 Å². The van der Waals surface area contributed by atoms with Gasteiger partial charge in [0.25, 0.3) is 5.91 Å². The number of likely N-dealkylation sites (tertiary alicyclic amines) is 1. The minimum atomic E-state index is 0.0525. The maximum Gasteiger partial charge on any atom is 0.260 e. The second-order valence-electron chi connectivity index (χ2n) is 5.23. The number of benzene rings is 1. The second kappa shape index (κ2) is 6.43. The van der Waals surface area contributed by atoms with Gasteiger partial charge in [0.2, 0.25) is 0 Å². The van der Waals surface area contributed by atoms with Crippen LogP contribution in [0.3, 0.4) is 0 Å². The average molecular weight is 285 g/mol. The molecule has 5 nitrogen and oxygen atoms in total. The van der Waals surface area contributed by atoms with Crippen LogP contribution in [0.1, 0.15) is 24.6 Å². The fraction of sp³-hybridized carbons (Fsp3) is 0.375. The van der Waals surface area contributed by atoms with Crippen molar-refractivity contribution in [1.29, 1.82) is 0 Å². The molecule has 5 heteroatoms. The fourth-order valence-electron chi connectivity index (χ4n) is 2.66. The molecule has 0 radical (unpaired) electrons. The van der Waals surface area contributed by atoms with E-state index >= 15 is 0 Å². The Balaban J connectivity index is 1.47. The van der Waals surface area contributed by atoms with Gasteiger partial charge in [-0.05, 0) is 25.0 Å². The molecule has 1 saturated heterocycles. The molecule has 110 valence electrons. The van der Waals surface area contributed by atoms with E-state index in [1.54, 1.807) is 6.20 Å². The third-order valence-electron chi connectivity index (χ3n) is 3.86. The highest BCUT2D eigenvalue weighted by Crippen LogP contribution is 2.25. The van der Waals surface area contributed by atoms with Crippen LogP contribution >= 0.6 is 0 Å². The van der Waals surface area contributed by atoms with Crippen LogP contribution in [0.15, 0.2) is 42.7 Å². The molecule has 0 atom stereocenters. The predicted molar refractivity (Wildman–Crippen MR) is 79.1 cm³/mol. The summed E-state index contributed by atoms with van der Waals surface area (Å²) in [6.45, 7) is 1.64. The SMILES string of the molecule is O=C(COc1ccccc1)N1CCC(c2ncc[nH]2)CC1. The Morgan fingerprint density at radius 2 is 2.05 bits per heavy atom. The van der Waals surface area contributed by atoms with Gasteiger partial charge in [0, 0.05) is 31.4 Å². The van der Waals surface area contributed by atoms with Crippen molar-refractivity contribution in [2.75, 3.05) is 19.7 Å². The zero-order valence-electron chi connectivity index (χ0n) is 11.9. The summed E-state index contributed by atoms with van der Waals surface area (Å²) in [7, 11) is 0. The summed E-state index contributed by atoms with van der Waals surface area (Å²) in [5.41, 5.74) is 0. The number of para-hydroxylation sites is 1. The van der Waals surface area contributed by atoms with Gasteiger partial charge in [0.05, 0.1) is 0 Å². The topological polar surface area (TPSA) is 58.2 Å². The number of nitrogens with zero attached hydrogens (tertiary/aromatic N) is 2. The lowest BCUT2D eigenvalue weighted by Crippen LogP contribution is -2.40. The van der Waals surface area contributed by atoms with Crippen LogP contribution in [-0.2, 0) is 4.79 Å². The number of piperidine rings is 1. The maximum absolute atomic E-state index is 12.1. The number of amides is 1. The van der Waals surface area contributed by atoms with E-state index in [1.165, 1.54) is 0 Å². The average Bonchev–Trinajstić information content (AvgIpc) is 3.08. The van der Waals surface area contributed by atoms with Gasteiger partial charge in [-0.3, -0.25) is 4.79 Å². The largest absolute Gasteiger partial charge is 0.484 e. The molecule has 2 heterocycles. The summed E-state index contributed by atoms with van der Waals surface area (Å²) < 4.78 is 5.51. The van der Waals surface area contributed by atoms with Crippen LogP contribution in [0.5, 0.6) is 5.75 Å². The van der Waals surface area contributed by atoms with Crippen molar-refractivity contribution in [2.24, 2.45) is 0 Å².